The molecule has 26 heavy (non-hydrogen) atoms. The van der Waals surface area contributed by atoms with Gasteiger partial charge in [-0.15, -0.1) is 0 Å². The van der Waals surface area contributed by atoms with Gasteiger partial charge in [0, 0.05) is 25.5 Å². The third kappa shape index (κ3) is 3.42. The van der Waals surface area contributed by atoms with Crippen molar-refractivity contribution in [2.24, 2.45) is 0 Å². The van der Waals surface area contributed by atoms with Gasteiger partial charge in [0.05, 0.1) is 11.0 Å². The molecule has 2 heterocycles. The van der Waals surface area contributed by atoms with Crippen LogP contribution in [0.3, 0.4) is 0 Å². The molecule has 1 fully saturated rings. The number of nitrogens with zero attached hydrogens (tertiary/aromatic N) is 3. The summed E-state index contributed by atoms with van der Waals surface area (Å²) >= 11 is 0. The van der Waals surface area contributed by atoms with Crippen LogP contribution in [0, 0.1) is 0 Å². The highest BCUT2D eigenvalue weighted by atomic mass is 16.3. The Kier molecular flexibility index (Phi) is 5.52. The van der Waals surface area contributed by atoms with Crippen molar-refractivity contribution in [3.63, 3.8) is 0 Å². The Labute approximate surface area is 154 Å². The molecule has 1 saturated heterocycles. The van der Waals surface area contributed by atoms with Crippen LogP contribution in [0.15, 0.2) is 36.7 Å². The van der Waals surface area contributed by atoms with Crippen LogP contribution in [0.2, 0.25) is 0 Å². The maximum atomic E-state index is 12.5. The minimum Gasteiger partial charge on any atom is -0.508 e. The number of rotatable bonds is 5. The van der Waals surface area contributed by atoms with Crippen molar-refractivity contribution in [3.8, 4) is 5.75 Å². The van der Waals surface area contributed by atoms with Gasteiger partial charge in [0.25, 0.3) is 5.91 Å². The zero-order valence-corrected chi connectivity index (χ0v) is 15.4. The van der Waals surface area contributed by atoms with Gasteiger partial charge >= 0.3 is 0 Å². The summed E-state index contributed by atoms with van der Waals surface area (Å²) in [5.74, 6) is 0.910. The van der Waals surface area contributed by atoms with Gasteiger partial charge < -0.3 is 15.3 Å². The number of aromatic nitrogens is 2. The van der Waals surface area contributed by atoms with Crippen LogP contribution in [0.25, 0.3) is 0 Å². The first-order valence-corrected chi connectivity index (χ1v) is 9.22. The minimum atomic E-state index is -0.346. The molecule has 0 atom stereocenters. The quantitative estimate of drug-likeness (QED) is 0.862. The van der Waals surface area contributed by atoms with E-state index in [2.05, 4.69) is 15.3 Å². The van der Waals surface area contributed by atoms with Gasteiger partial charge in [0.1, 0.15) is 11.6 Å². The first-order valence-electron chi connectivity index (χ1n) is 9.22. The van der Waals surface area contributed by atoms with Gasteiger partial charge in [0.15, 0.2) is 0 Å². The lowest BCUT2D eigenvalue weighted by atomic mass is 9.72. The number of phenolic OH excluding ortho intramolecular Hbond substituents is 1. The van der Waals surface area contributed by atoms with Gasteiger partial charge in [-0.25, -0.2) is 9.97 Å². The fourth-order valence-corrected chi connectivity index (χ4v) is 3.68. The number of hydrogen-bond donors (Lipinski definition) is 2. The van der Waals surface area contributed by atoms with E-state index < -0.39 is 0 Å². The number of piperidine rings is 1. The highest BCUT2D eigenvalue weighted by Gasteiger charge is 2.38. The summed E-state index contributed by atoms with van der Waals surface area (Å²) in [5.41, 5.74) is 1.18. The summed E-state index contributed by atoms with van der Waals surface area (Å²) in [4.78, 5) is 23.4. The fraction of sp³-hybridized carbons (Fsp3) is 0.450. The predicted molar refractivity (Wildman–Crippen MR) is 100 cm³/mol. The summed E-state index contributed by atoms with van der Waals surface area (Å²) in [5, 5.41) is 13.3. The van der Waals surface area contributed by atoms with Crippen molar-refractivity contribution < 1.29 is 9.90 Å². The summed E-state index contributed by atoms with van der Waals surface area (Å²) in [6.45, 7) is 6.97. The third-order valence-corrected chi connectivity index (χ3v) is 5.23. The molecule has 3 rings (SSSR count). The van der Waals surface area contributed by atoms with Crippen LogP contribution in [-0.4, -0.2) is 52.1 Å². The van der Waals surface area contributed by atoms with E-state index in [1.54, 1.807) is 29.4 Å². The predicted octanol–water partition coefficient (Wildman–Crippen LogP) is 2.33. The molecule has 1 amide bonds. The molecule has 0 unspecified atom stereocenters. The van der Waals surface area contributed by atoms with Crippen LogP contribution in [0.4, 0.5) is 0 Å². The lowest BCUT2D eigenvalue weighted by molar-refractivity contribution is 0.0772. The molecule has 1 aromatic carbocycles. The number of aromatic hydroxyl groups is 1. The molecular weight excluding hydrogens is 328 g/mol. The summed E-state index contributed by atoms with van der Waals surface area (Å²) < 4.78 is 0. The zero-order chi connectivity index (χ0) is 18.6. The number of phenols is 1. The summed E-state index contributed by atoms with van der Waals surface area (Å²) in [6, 6.07) is 7.34. The highest BCUT2D eigenvalue weighted by molar-refractivity contribution is 5.93. The van der Waals surface area contributed by atoms with E-state index in [9.17, 15) is 9.90 Å². The SMILES string of the molecule is CCN(CC)C(=O)c1cnc(C2(c3cccc(O)c3)CCNCC2)nc1. The molecule has 0 spiro atoms. The van der Waals surface area contributed by atoms with Crippen molar-refractivity contribution in [2.75, 3.05) is 26.2 Å². The molecule has 1 aliphatic rings. The Morgan fingerprint density at radius 2 is 1.85 bits per heavy atom. The molecule has 0 saturated carbocycles. The zero-order valence-electron chi connectivity index (χ0n) is 15.4. The van der Waals surface area contributed by atoms with Crippen molar-refractivity contribution in [3.05, 3.63) is 53.6 Å². The maximum absolute atomic E-state index is 12.5. The number of benzene rings is 1. The average Bonchev–Trinajstić information content (AvgIpc) is 2.69. The van der Waals surface area contributed by atoms with Crippen LogP contribution >= 0.6 is 0 Å². The largest absolute Gasteiger partial charge is 0.508 e. The van der Waals surface area contributed by atoms with Gasteiger partial charge in [-0.05, 0) is 57.5 Å². The van der Waals surface area contributed by atoms with Crippen molar-refractivity contribution >= 4 is 5.91 Å². The van der Waals surface area contributed by atoms with Crippen molar-refractivity contribution in [2.45, 2.75) is 32.1 Å². The van der Waals surface area contributed by atoms with Crippen LogP contribution < -0.4 is 5.32 Å². The minimum absolute atomic E-state index is 0.0433. The van der Waals surface area contributed by atoms with E-state index in [0.29, 0.717) is 24.5 Å². The third-order valence-electron chi connectivity index (χ3n) is 5.23. The average molecular weight is 354 g/mol. The molecule has 0 radical (unpaired) electrons. The Morgan fingerprint density at radius 3 is 2.42 bits per heavy atom. The molecule has 1 aliphatic heterocycles. The monoisotopic (exact) mass is 354 g/mol. The summed E-state index contributed by atoms with van der Waals surface area (Å²) in [7, 11) is 0. The topological polar surface area (TPSA) is 78.4 Å². The molecule has 6 nitrogen and oxygen atoms in total. The van der Waals surface area contributed by atoms with E-state index in [1.165, 1.54) is 0 Å². The Hall–Kier alpha value is -2.47. The Bertz CT molecular complexity index is 751. The normalized spacial score (nSPS) is 16.2. The summed E-state index contributed by atoms with van der Waals surface area (Å²) in [6.07, 6.45) is 4.96. The second-order valence-electron chi connectivity index (χ2n) is 6.66. The van der Waals surface area contributed by atoms with Gasteiger partial charge in [0.2, 0.25) is 0 Å². The highest BCUT2D eigenvalue weighted by Crippen LogP contribution is 2.39. The number of carbonyl (C=O) groups excluding carboxylic acids is 1. The first-order chi connectivity index (χ1) is 12.6. The number of amides is 1. The van der Waals surface area contributed by atoms with Crippen molar-refractivity contribution in [1.82, 2.24) is 20.2 Å². The van der Waals surface area contributed by atoms with E-state index in [1.807, 2.05) is 26.0 Å². The second-order valence-corrected chi connectivity index (χ2v) is 6.66. The maximum Gasteiger partial charge on any atom is 0.256 e. The number of nitrogens with one attached hydrogen (secondary N) is 1. The van der Waals surface area contributed by atoms with Crippen LogP contribution in [-0.2, 0) is 5.41 Å². The van der Waals surface area contributed by atoms with E-state index in [0.717, 1.165) is 31.5 Å². The Balaban J connectivity index is 1.97. The lowest BCUT2D eigenvalue weighted by Gasteiger charge is -2.36. The van der Waals surface area contributed by atoms with E-state index >= 15 is 0 Å². The molecule has 0 bridgehead atoms. The second kappa shape index (κ2) is 7.83. The molecule has 0 aliphatic carbocycles. The first kappa shape index (κ1) is 18.3. The smallest absolute Gasteiger partial charge is 0.256 e. The van der Waals surface area contributed by atoms with Gasteiger partial charge in [-0.1, -0.05) is 12.1 Å². The van der Waals surface area contributed by atoms with Crippen LogP contribution in [0.5, 0.6) is 5.75 Å². The molecule has 1 aromatic heterocycles. The van der Waals surface area contributed by atoms with E-state index in [4.69, 9.17) is 0 Å². The van der Waals surface area contributed by atoms with Gasteiger partial charge in [-0.3, -0.25) is 4.79 Å². The molecule has 138 valence electrons. The standard InChI is InChI=1S/C20H26N4O2/c1-3-24(4-2)18(26)15-13-22-19(23-14-15)20(8-10-21-11-9-20)16-6-5-7-17(25)12-16/h5-7,12-14,21,25H,3-4,8-11H2,1-2H3. The number of carbonyl (C=O) groups is 1. The van der Waals surface area contributed by atoms with Crippen molar-refractivity contribution in [1.29, 1.82) is 0 Å². The Morgan fingerprint density at radius 1 is 1.19 bits per heavy atom. The molecule has 2 N–H and O–H groups in total. The van der Waals surface area contributed by atoms with E-state index in [-0.39, 0.29) is 17.1 Å². The molecular formula is C20H26N4O2. The lowest BCUT2D eigenvalue weighted by Crippen LogP contribution is -2.42. The molecule has 2 aromatic rings. The fourth-order valence-electron chi connectivity index (χ4n) is 3.68. The number of hydrogen-bond acceptors (Lipinski definition) is 5. The molecule has 6 heteroatoms. The van der Waals surface area contributed by atoms with Crippen LogP contribution in [0.1, 0.15) is 48.4 Å². The van der Waals surface area contributed by atoms with Gasteiger partial charge in [-0.2, -0.15) is 0 Å².